The molecule has 0 saturated carbocycles. The van der Waals surface area contributed by atoms with Gasteiger partial charge in [-0.3, -0.25) is 0 Å². The Kier molecular flexibility index (Phi) is 6.74. The maximum Gasteiger partial charge on any atom is 0.344 e. The lowest BCUT2D eigenvalue weighted by Gasteiger charge is -2.13. The van der Waals surface area contributed by atoms with Gasteiger partial charge in [-0.25, -0.2) is 35.9 Å². The van der Waals surface area contributed by atoms with Crippen molar-refractivity contribution in [1.29, 1.82) is 0 Å². The molecule has 0 bridgehead atoms. The van der Waals surface area contributed by atoms with Gasteiger partial charge < -0.3 is 9.47 Å². The van der Waals surface area contributed by atoms with Crippen LogP contribution in [0, 0.1) is 58.2 Å². The highest BCUT2D eigenvalue weighted by atomic mass is 19.2. The molecule has 0 radical (unpaired) electrons. The Morgan fingerprint density at radius 1 is 0.421 bits per heavy atom. The van der Waals surface area contributed by atoms with Crippen molar-refractivity contribution in [3.63, 3.8) is 0 Å². The van der Waals surface area contributed by atoms with E-state index in [0.717, 1.165) is 24.3 Å². The number of ether oxygens (including phenoxy) is 2. The third-order valence-corrected chi connectivity index (χ3v) is 5.09. The molecule has 0 saturated heterocycles. The van der Waals surface area contributed by atoms with Gasteiger partial charge in [0.15, 0.2) is 0 Å². The van der Waals surface area contributed by atoms with E-state index < -0.39 is 92.7 Å². The first-order valence-electron chi connectivity index (χ1n) is 9.85. The number of hydrogen-bond acceptors (Lipinski definition) is 4. The number of hydrogen-bond donors (Lipinski definition) is 0. The van der Waals surface area contributed by atoms with Gasteiger partial charge in [0.1, 0.15) is 0 Å². The van der Waals surface area contributed by atoms with Crippen LogP contribution in [-0.4, -0.2) is 11.9 Å². The highest BCUT2D eigenvalue weighted by Gasteiger charge is 2.31. The number of carbonyl (C=O) groups excluding carboxylic acids is 2. The lowest BCUT2D eigenvalue weighted by molar-refractivity contribution is 0.0705. The molecule has 14 heteroatoms. The predicted octanol–water partition coefficient (Wildman–Crippen LogP) is 6.67. The number of rotatable bonds is 4. The Morgan fingerprint density at radius 2 is 0.684 bits per heavy atom. The zero-order valence-corrected chi connectivity index (χ0v) is 17.9. The fraction of sp³-hybridized carbons (Fsp3) is 0. The first-order chi connectivity index (χ1) is 17.9. The van der Waals surface area contributed by atoms with E-state index in [0.29, 0.717) is 0 Å². The van der Waals surface area contributed by atoms with Crippen molar-refractivity contribution in [3.8, 4) is 11.5 Å². The largest absolute Gasteiger partial charge is 0.416 e. The summed E-state index contributed by atoms with van der Waals surface area (Å²) in [6, 6.07) is 6.31. The molecule has 0 spiro atoms. The van der Waals surface area contributed by atoms with Crippen LogP contribution in [0.3, 0.4) is 0 Å². The van der Waals surface area contributed by atoms with Crippen LogP contribution in [0.5, 0.6) is 11.5 Å². The molecule has 0 atom stereocenters. The standard InChI is InChI=1S/C24H6F10O4/c25-11-13(27)17(31)21(18(32)14(11)28)37-23(35)9-5-6-10(8-4-2-1-3-7(8)9)24(36)38-22-19(33)15(29)12(26)16(30)20(22)34/h1-6H. The van der Waals surface area contributed by atoms with E-state index in [2.05, 4.69) is 9.47 Å². The monoisotopic (exact) mass is 548 g/mol. The normalized spacial score (nSPS) is 11.1. The Morgan fingerprint density at radius 3 is 0.974 bits per heavy atom. The van der Waals surface area contributed by atoms with E-state index >= 15 is 0 Å². The minimum absolute atomic E-state index is 0.256. The van der Waals surface area contributed by atoms with Crippen LogP contribution in [0.2, 0.25) is 0 Å². The summed E-state index contributed by atoms with van der Waals surface area (Å²) in [5, 5.41) is -0.513. The Hall–Kier alpha value is -4.62. The van der Waals surface area contributed by atoms with Crippen LogP contribution in [0.25, 0.3) is 10.8 Å². The van der Waals surface area contributed by atoms with Crippen LogP contribution < -0.4 is 9.47 Å². The fourth-order valence-electron chi connectivity index (χ4n) is 3.30. The Balaban J connectivity index is 1.75. The van der Waals surface area contributed by atoms with Crippen molar-refractivity contribution in [2.45, 2.75) is 0 Å². The van der Waals surface area contributed by atoms with Gasteiger partial charge in [-0.15, -0.1) is 0 Å². The summed E-state index contributed by atoms with van der Waals surface area (Å²) in [6.45, 7) is 0. The summed E-state index contributed by atoms with van der Waals surface area (Å²) >= 11 is 0. The molecule has 196 valence electrons. The third kappa shape index (κ3) is 4.17. The molecule has 0 unspecified atom stereocenters. The van der Waals surface area contributed by atoms with Crippen LogP contribution in [0.4, 0.5) is 43.9 Å². The Bertz CT molecular complexity index is 1490. The Labute approximate surface area is 203 Å². The molecule has 0 fully saturated rings. The molecule has 4 rings (SSSR count). The van der Waals surface area contributed by atoms with Gasteiger partial charge in [-0.1, -0.05) is 24.3 Å². The number of carbonyl (C=O) groups is 2. The molecule has 0 aromatic heterocycles. The van der Waals surface area contributed by atoms with Gasteiger partial charge in [0.05, 0.1) is 11.1 Å². The van der Waals surface area contributed by atoms with Gasteiger partial charge in [-0.2, -0.15) is 17.6 Å². The summed E-state index contributed by atoms with van der Waals surface area (Å²) in [6.07, 6.45) is 0. The average molecular weight is 548 g/mol. The van der Waals surface area contributed by atoms with Gasteiger partial charge in [-0.05, 0) is 22.9 Å². The van der Waals surface area contributed by atoms with Crippen molar-refractivity contribution < 1.29 is 63.0 Å². The van der Waals surface area contributed by atoms with E-state index in [9.17, 15) is 53.5 Å². The maximum atomic E-state index is 13.9. The molecule has 0 amide bonds. The SMILES string of the molecule is O=C(Oc1c(F)c(F)c(F)c(F)c1F)c1ccc(C(=O)Oc2c(F)c(F)c(F)c(F)c2F)c2ccccc12. The predicted molar refractivity (Wildman–Crippen MR) is 106 cm³/mol. The molecular weight excluding hydrogens is 542 g/mol. The van der Waals surface area contributed by atoms with Crippen molar-refractivity contribution >= 4 is 22.7 Å². The summed E-state index contributed by atoms with van der Waals surface area (Å²) in [5.74, 6) is -31.4. The van der Waals surface area contributed by atoms with Gasteiger partial charge in [0.25, 0.3) is 0 Å². The van der Waals surface area contributed by atoms with Crippen LogP contribution in [-0.2, 0) is 0 Å². The molecule has 0 aliphatic carbocycles. The van der Waals surface area contributed by atoms with Crippen molar-refractivity contribution in [1.82, 2.24) is 0 Å². The first kappa shape index (κ1) is 26.4. The topological polar surface area (TPSA) is 52.6 Å². The third-order valence-electron chi connectivity index (χ3n) is 5.09. The average Bonchev–Trinajstić information content (AvgIpc) is 2.92. The van der Waals surface area contributed by atoms with E-state index in [-0.39, 0.29) is 10.8 Å². The zero-order valence-electron chi connectivity index (χ0n) is 17.9. The summed E-state index contributed by atoms with van der Waals surface area (Å²) < 4.78 is 145. The number of fused-ring (bicyclic) bond motifs is 1. The second kappa shape index (κ2) is 9.68. The second-order valence-corrected chi connectivity index (χ2v) is 7.28. The molecule has 0 N–H and O–H groups in total. The maximum absolute atomic E-state index is 13.9. The first-order valence-corrected chi connectivity index (χ1v) is 9.85. The molecule has 4 aromatic carbocycles. The van der Waals surface area contributed by atoms with Crippen LogP contribution in [0.1, 0.15) is 20.7 Å². The molecule has 0 heterocycles. The number of halogens is 10. The van der Waals surface area contributed by atoms with Crippen LogP contribution in [0.15, 0.2) is 36.4 Å². The van der Waals surface area contributed by atoms with E-state index in [1.54, 1.807) is 0 Å². The van der Waals surface area contributed by atoms with Gasteiger partial charge >= 0.3 is 11.9 Å². The highest BCUT2D eigenvalue weighted by Crippen LogP contribution is 2.33. The summed E-state index contributed by atoms with van der Waals surface area (Å²) in [7, 11) is 0. The van der Waals surface area contributed by atoms with Gasteiger partial charge in [0.2, 0.25) is 69.7 Å². The van der Waals surface area contributed by atoms with E-state index in [1.165, 1.54) is 12.1 Å². The smallest absolute Gasteiger partial charge is 0.344 e. The van der Waals surface area contributed by atoms with Gasteiger partial charge in [0, 0.05) is 0 Å². The molecular formula is C24H6F10O4. The summed E-state index contributed by atoms with van der Waals surface area (Å²) in [4.78, 5) is 25.2. The number of esters is 2. The minimum atomic E-state index is -2.50. The molecule has 0 aliphatic heterocycles. The number of benzene rings is 4. The van der Waals surface area contributed by atoms with E-state index in [1.807, 2.05) is 0 Å². The summed E-state index contributed by atoms with van der Waals surface area (Å²) in [5.41, 5.74) is -1.17. The zero-order chi connectivity index (χ0) is 28.0. The molecule has 4 aromatic rings. The lowest BCUT2D eigenvalue weighted by Crippen LogP contribution is -2.16. The lowest BCUT2D eigenvalue weighted by atomic mass is 9.99. The minimum Gasteiger partial charge on any atom is -0.416 e. The molecule has 38 heavy (non-hydrogen) atoms. The molecule has 0 aliphatic rings. The van der Waals surface area contributed by atoms with Crippen molar-refractivity contribution in [2.75, 3.05) is 0 Å². The van der Waals surface area contributed by atoms with Crippen molar-refractivity contribution in [2.24, 2.45) is 0 Å². The quantitative estimate of drug-likeness (QED) is 0.0941. The second-order valence-electron chi connectivity index (χ2n) is 7.28. The molecule has 4 nitrogen and oxygen atoms in total. The highest BCUT2D eigenvalue weighted by molar-refractivity contribution is 6.12. The van der Waals surface area contributed by atoms with Crippen LogP contribution >= 0.6 is 0 Å². The van der Waals surface area contributed by atoms with Crippen molar-refractivity contribution in [3.05, 3.63) is 106 Å². The fourth-order valence-corrected chi connectivity index (χ4v) is 3.30. The van der Waals surface area contributed by atoms with E-state index in [4.69, 9.17) is 0 Å².